The predicted molar refractivity (Wildman–Crippen MR) is 100 cm³/mol. The third kappa shape index (κ3) is 4.99. The highest BCUT2D eigenvalue weighted by atomic mass is 16.4. The van der Waals surface area contributed by atoms with Crippen molar-refractivity contribution in [3.63, 3.8) is 0 Å². The molecule has 0 spiro atoms. The van der Waals surface area contributed by atoms with E-state index in [4.69, 9.17) is 5.11 Å². The predicted octanol–water partition coefficient (Wildman–Crippen LogP) is 2.19. The largest absolute Gasteiger partial charge is 0.481 e. The Morgan fingerprint density at radius 2 is 1.52 bits per heavy atom. The SMILES string of the molecule is O=C(O)C1CCC(NC(=O)N2CCCN(C(=O)c3ccccc3)CC2)CC1. The Hall–Kier alpha value is -2.57. The Kier molecular flexibility index (Phi) is 6.32. The third-order valence-corrected chi connectivity index (χ3v) is 5.50. The summed E-state index contributed by atoms with van der Waals surface area (Å²) in [6, 6.07) is 9.14. The molecule has 0 atom stereocenters. The number of carbonyl (C=O) groups is 3. The molecule has 146 valence electrons. The van der Waals surface area contributed by atoms with Crippen molar-refractivity contribution in [3.05, 3.63) is 35.9 Å². The van der Waals surface area contributed by atoms with Gasteiger partial charge in [0.05, 0.1) is 5.92 Å². The summed E-state index contributed by atoms with van der Waals surface area (Å²) in [5.41, 5.74) is 0.672. The van der Waals surface area contributed by atoms with Crippen LogP contribution < -0.4 is 5.32 Å². The molecule has 1 saturated heterocycles. The second-order valence-electron chi connectivity index (χ2n) is 7.34. The number of benzene rings is 1. The smallest absolute Gasteiger partial charge is 0.317 e. The van der Waals surface area contributed by atoms with E-state index in [0.717, 1.165) is 6.42 Å². The van der Waals surface area contributed by atoms with Crippen molar-refractivity contribution in [3.8, 4) is 0 Å². The van der Waals surface area contributed by atoms with Crippen LogP contribution in [0.25, 0.3) is 0 Å². The lowest BCUT2D eigenvalue weighted by Crippen LogP contribution is -2.47. The van der Waals surface area contributed by atoms with Crippen molar-refractivity contribution in [1.29, 1.82) is 0 Å². The lowest BCUT2D eigenvalue weighted by atomic mass is 9.86. The molecule has 0 unspecified atom stereocenters. The van der Waals surface area contributed by atoms with Gasteiger partial charge in [-0.05, 0) is 44.2 Å². The number of carboxylic acids is 1. The maximum absolute atomic E-state index is 12.6. The van der Waals surface area contributed by atoms with Gasteiger partial charge in [0.2, 0.25) is 0 Å². The molecule has 0 bridgehead atoms. The molecule has 1 aromatic rings. The fourth-order valence-electron chi connectivity index (χ4n) is 3.84. The number of amides is 3. The zero-order valence-electron chi connectivity index (χ0n) is 15.5. The van der Waals surface area contributed by atoms with Crippen LogP contribution >= 0.6 is 0 Å². The minimum Gasteiger partial charge on any atom is -0.481 e. The normalized spacial score (nSPS) is 23.4. The van der Waals surface area contributed by atoms with Crippen molar-refractivity contribution in [2.45, 2.75) is 38.1 Å². The summed E-state index contributed by atoms with van der Waals surface area (Å²) < 4.78 is 0. The van der Waals surface area contributed by atoms with Gasteiger partial charge in [0.25, 0.3) is 5.91 Å². The molecule has 2 N–H and O–H groups in total. The molecule has 7 heteroatoms. The number of nitrogens with zero attached hydrogens (tertiary/aromatic N) is 2. The molecule has 3 rings (SSSR count). The molecular weight excluding hydrogens is 346 g/mol. The number of nitrogens with one attached hydrogen (secondary N) is 1. The topological polar surface area (TPSA) is 89.9 Å². The average Bonchev–Trinajstić information content (AvgIpc) is 2.95. The molecule has 2 aliphatic rings. The Morgan fingerprint density at radius 3 is 2.19 bits per heavy atom. The molecule has 27 heavy (non-hydrogen) atoms. The van der Waals surface area contributed by atoms with Crippen LogP contribution in [0.15, 0.2) is 30.3 Å². The maximum atomic E-state index is 12.6. The number of hydrogen-bond acceptors (Lipinski definition) is 3. The monoisotopic (exact) mass is 373 g/mol. The van der Waals surface area contributed by atoms with Crippen LogP contribution in [0.3, 0.4) is 0 Å². The van der Waals surface area contributed by atoms with Gasteiger partial charge in [0.15, 0.2) is 0 Å². The summed E-state index contributed by atoms with van der Waals surface area (Å²) in [4.78, 5) is 39.8. The van der Waals surface area contributed by atoms with Gasteiger partial charge in [-0.15, -0.1) is 0 Å². The second-order valence-corrected chi connectivity index (χ2v) is 7.34. The van der Waals surface area contributed by atoms with Crippen LogP contribution in [-0.4, -0.2) is 65.0 Å². The lowest BCUT2D eigenvalue weighted by Gasteiger charge is -2.29. The molecule has 7 nitrogen and oxygen atoms in total. The second kappa shape index (κ2) is 8.88. The van der Waals surface area contributed by atoms with Crippen LogP contribution in [0, 0.1) is 5.92 Å². The van der Waals surface area contributed by atoms with Crippen LogP contribution in [0.1, 0.15) is 42.5 Å². The average molecular weight is 373 g/mol. The molecule has 1 aliphatic heterocycles. The van der Waals surface area contributed by atoms with E-state index >= 15 is 0 Å². The van der Waals surface area contributed by atoms with Crippen LogP contribution in [0.2, 0.25) is 0 Å². The van der Waals surface area contributed by atoms with E-state index in [1.54, 1.807) is 9.80 Å². The van der Waals surface area contributed by atoms with Crippen molar-refractivity contribution < 1.29 is 19.5 Å². The minimum atomic E-state index is -0.740. The van der Waals surface area contributed by atoms with E-state index in [2.05, 4.69) is 5.32 Å². The standard InChI is InChI=1S/C20H27N3O4/c24-18(15-5-2-1-3-6-15)22-11-4-12-23(14-13-22)20(27)21-17-9-7-16(8-10-17)19(25)26/h1-3,5-6,16-17H,4,7-14H2,(H,21,27)(H,25,26). The number of aliphatic carboxylic acids is 1. The minimum absolute atomic E-state index is 0.00449. The summed E-state index contributed by atoms with van der Waals surface area (Å²) in [6.07, 6.45) is 3.38. The van der Waals surface area contributed by atoms with E-state index in [1.807, 2.05) is 30.3 Å². The first-order valence-corrected chi connectivity index (χ1v) is 9.67. The molecule has 2 fully saturated rings. The summed E-state index contributed by atoms with van der Waals surface area (Å²) in [5, 5.41) is 12.1. The molecule has 1 aliphatic carbocycles. The van der Waals surface area contributed by atoms with Crippen molar-refractivity contribution >= 4 is 17.9 Å². The van der Waals surface area contributed by atoms with Gasteiger partial charge in [-0.2, -0.15) is 0 Å². The van der Waals surface area contributed by atoms with Gasteiger partial charge in [-0.3, -0.25) is 9.59 Å². The van der Waals surface area contributed by atoms with E-state index in [9.17, 15) is 14.4 Å². The molecule has 1 heterocycles. The highest BCUT2D eigenvalue weighted by molar-refractivity contribution is 5.94. The summed E-state index contributed by atoms with van der Waals surface area (Å²) in [7, 11) is 0. The van der Waals surface area contributed by atoms with Crippen molar-refractivity contribution in [2.24, 2.45) is 5.92 Å². The fraction of sp³-hybridized carbons (Fsp3) is 0.550. The highest BCUT2D eigenvalue weighted by Gasteiger charge is 2.28. The van der Waals surface area contributed by atoms with Crippen LogP contribution in [0.5, 0.6) is 0 Å². The highest BCUT2D eigenvalue weighted by Crippen LogP contribution is 2.24. The van der Waals surface area contributed by atoms with E-state index in [-0.39, 0.29) is 23.9 Å². The van der Waals surface area contributed by atoms with Gasteiger partial charge in [-0.1, -0.05) is 18.2 Å². The van der Waals surface area contributed by atoms with Gasteiger partial charge >= 0.3 is 12.0 Å². The van der Waals surface area contributed by atoms with Gasteiger partial charge in [0, 0.05) is 37.8 Å². The number of carbonyl (C=O) groups excluding carboxylic acids is 2. The number of hydrogen-bond donors (Lipinski definition) is 2. The Balaban J connectivity index is 1.48. The quantitative estimate of drug-likeness (QED) is 0.850. The Morgan fingerprint density at radius 1 is 0.889 bits per heavy atom. The van der Waals surface area contributed by atoms with Gasteiger partial charge < -0.3 is 20.2 Å². The first-order valence-electron chi connectivity index (χ1n) is 9.67. The summed E-state index contributed by atoms with van der Waals surface area (Å²) in [6.45, 7) is 2.29. The molecule has 0 radical (unpaired) electrons. The molecule has 0 aromatic heterocycles. The zero-order chi connectivity index (χ0) is 19.2. The van der Waals surface area contributed by atoms with E-state index < -0.39 is 5.97 Å². The van der Waals surface area contributed by atoms with Crippen LogP contribution in [-0.2, 0) is 4.79 Å². The van der Waals surface area contributed by atoms with E-state index in [1.165, 1.54) is 0 Å². The maximum Gasteiger partial charge on any atom is 0.317 e. The first kappa shape index (κ1) is 19.2. The lowest BCUT2D eigenvalue weighted by molar-refractivity contribution is -0.142. The number of carboxylic acid groups (broad SMARTS) is 1. The van der Waals surface area contributed by atoms with E-state index in [0.29, 0.717) is 57.4 Å². The van der Waals surface area contributed by atoms with Crippen molar-refractivity contribution in [2.75, 3.05) is 26.2 Å². The fourth-order valence-corrected chi connectivity index (χ4v) is 3.84. The third-order valence-electron chi connectivity index (χ3n) is 5.50. The summed E-state index contributed by atoms with van der Waals surface area (Å²) in [5.74, 6) is -1.02. The molecule has 1 aromatic carbocycles. The number of rotatable bonds is 3. The Labute approximate surface area is 159 Å². The number of urea groups is 1. The molecule has 1 saturated carbocycles. The Bertz CT molecular complexity index is 671. The summed E-state index contributed by atoms with van der Waals surface area (Å²) >= 11 is 0. The molecule has 3 amide bonds. The van der Waals surface area contributed by atoms with Crippen molar-refractivity contribution in [1.82, 2.24) is 15.1 Å². The van der Waals surface area contributed by atoms with Gasteiger partial charge in [-0.25, -0.2) is 4.79 Å². The first-order chi connectivity index (χ1) is 13.0. The van der Waals surface area contributed by atoms with Gasteiger partial charge in [0.1, 0.15) is 0 Å². The molecular formula is C20H27N3O4. The van der Waals surface area contributed by atoms with Crippen LogP contribution in [0.4, 0.5) is 4.79 Å². The zero-order valence-corrected chi connectivity index (χ0v) is 15.5.